The fraction of sp³-hybridized carbons (Fsp3) is 0.635. The summed E-state index contributed by atoms with van der Waals surface area (Å²) in [6, 6.07) is 36.9. The Kier molecular flexibility index (Phi) is 27.7. The molecule has 0 bridgehead atoms. The number of epoxide rings is 1. The van der Waals surface area contributed by atoms with E-state index in [0.717, 1.165) is 91.0 Å². The molecule has 11 aliphatic rings. The largest absolute Gasteiger partial charge is 0.392 e. The number of nitrogens with zero attached hydrogens (tertiary/aromatic N) is 7. The first kappa shape index (κ1) is 69.6. The van der Waals surface area contributed by atoms with E-state index in [-0.39, 0.29) is 48.8 Å². The monoisotopic (exact) mass is 1280 g/mol. The van der Waals surface area contributed by atoms with Crippen molar-refractivity contribution >= 4 is 24.3 Å². The number of nitrogens with one attached hydrogen (secondary N) is 2. The molecule has 0 spiro atoms. The smallest absolute Gasteiger partial charge is 0.255 e. The fourth-order valence-electron chi connectivity index (χ4n) is 15.5. The summed E-state index contributed by atoms with van der Waals surface area (Å²) in [5.74, 6) is 0.846. The number of fused-ring (bicyclic) bond motifs is 5. The van der Waals surface area contributed by atoms with Gasteiger partial charge in [0.25, 0.3) is 5.56 Å². The minimum Gasteiger partial charge on any atom is -0.392 e. The molecule has 3 N–H and O–H groups in total. The van der Waals surface area contributed by atoms with Gasteiger partial charge in [0, 0.05) is 76.7 Å². The van der Waals surface area contributed by atoms with Crippen molar-refractivity contribution in [2.24, 2.45) is 7.05 Å². The molecule has 12 atom stereocenters. The van der Waals surface area contributed by atoms with Gasteiger partial charge in [-0.1, -0.05) is 168 Å². The first-order valence-electron chi connectivity index (χ1n) is 35.3. The van der Waals surface area contributed by atoms with E-state index >= 15 is 0 Å². The molecule has 502 valence electrons. The topological polar surface area (TPSA) is 181 Å². The van der Waals surface area contributed by atoms with E-state index in [2.05, 4.69) is 85.0 Å². The third-order valence-corrected chi connectivity index (χ3v) is 20.6. The lowest BCUT2D eigenvalue weighted by Gasteiger charge is -2.44. The van der Waals surface area contributed by atoms with Gasteiger partial charge in [-0.3, -0.25) is 19.1 Å². The van der Waals surface area contributed by atoms with Crippen LogP contribution in [0.25, 0.3) is 11.4 Å². The Morgan fingerprint density at radius 3 is 1.74 bits per heavy atom. The summed E-state index contributed by atoms with van der Waals surface area (Å²) in [6.45, 7) is 8.35. The molecule has 6 saturated carbocycles. The zero-order valence-corrected chi connectivity index (χ0v) is 55.6. The van der Waals surface area contributed by atoms with Gasteiger partial charge in [-0.15, -0.1) is 12.4 Å². The highest BCUT2D eigenvalue weighted by atomic mass is 35.5. The van der Waals surface area contributed by atoms with E-state index in [4.69, 9.17) is 28.7 Å². The SMILES string of the molecule is C1CCC2OC2C1.C1CC[C@@H]2OCCN[C@H]2C1.Cl.Cn1c(N2CCO[C@H]3CCCC[C@@H]32)nc(-c2ccncn2)cc1=O.O=C1CO[C@H]2CCCC[C@@H]2N1Cc1ccccc1.O[C@H]1CCCC[C@@H]1NCc1ccccc1.c1ccc(CN2CCO[C@H]3CCCC[C@@H]32)cc1. The molecule has 2 unspecified atom stereocenters. The predicted molar refractivity (Wildman–Crippen MR) is 364 cm³/mol. The summed E-state index contributed by atoms with van der Waals surface area (Å²) in [4.78, 5) is 44.3. The number of rotatable bonds is 9. The molecule has 11 fully saturated rings. The Morgan fingerprint density at radius 1 is 0.554 bits per heavy atom. The standard InChI is InChI=1S/C17H21N5O2.C15H19NO2.C15H21NO.C13H19NO.C8H15NO.C6H10O.ClH/c1-21-16(23)10-13(12-6-7-18-11-19-12)20-17(21)22-8-9-24-15-5-3-2-4-14(15)22;17-15-11-18-14-9-5-4-8-13(14)16(15)10-12-6-2-1-3-7-12;1-2-6-13(7-3-1)12-16-10-11-17-15-9-5-4-8-14(15)16;15-13-9-5-4-8-12(13)14-10-11-6-2-1-3-7-11;1-2-4-8-7(3-1)9-5-6-10-8;1-2-4-6-5(3-1)7-6;/h6-7,10-11,14-15H,2-5,8-9H2,1H3;1-3,6-7,13-14H,4-5,8-11H2;1-3,6-7,14-15H,4-5,8-12H2;1-3,6-7,12-15H,4-5,8-10H2;7-9H,1-6H2;5-6H,1-4H2;1H/t14-,15-;13-,14-;14-,15-;12-,13-;7-,8-;;/m00000../s1. The van der Waals surface area contributed by atoms with Crippen molar-refractivity contribution in [1.29, 1.82) is 0 Å². The van der Waals surface area contributed by atoms with Crippen molar-refractivity contribution in [1.82, 2.24) is 40.0 Å². The second kappa shape index (κ2) is 36.6. The summed E-state index contributed by atoms with van der Waals surface area (Å²) in [6.07, 6.45) is 35.7. The van der Waals surface area contributed by atoms with Gasteiger partial charge in [0.1, 0.15) is 12.9 Å². The lowest BCUT2D eigenvalue weighted by molar-refractivity contribution is -0.161. The number of aromatic nitrogens is 4. The van der Waals surface area contributed by atoms with Crippen LogP contribution >= 0.6 is 12.4 Å². The van der Waals surface area contributed by atoms with Crippen molar-refractivity contribution in [2.75, 3.05) is 51.0 Å². The summed E-state index contributed by atoms with van der Waals surface area (Å²) >= 11 is 0. The quantitative estimate of drug-likeness (QED) is 0.119. The molecule has 6 aliphatic carbocycles. The van der Waals surface area contributed by atoms with E-state index in [1.54, 1.807) is 23.9 Å². The molecule has 5 saturated heterocycles. The molecular weight excluding hydrogens is 1180 g/mol. The lowest BCUT2D eigenvalue weighted by atomic mass is 9.89. The van der Waals surface area contributed by atoms with Crippen LogP contribution in [-0.2, 0) is 55.2 Å². The van der Waals surface area contributed by atoms with E-state index in [1.807, 2.05) is 41.3 Å². The Hall–Kier alpha value is -5.18. The Labute approximate surface area is 553 Å². The zero-order chi connectivity index (χ0) is 62.4. The van der Waals surface area contributed by atoms with E-state index in [0.29, 0.717) is 78.6 Å². The van der Waals surface area contributed by atoms with Crippen molar-refractivity contribution in [3.05, 3.63) is 143 Å². The number of anilines is 1. The number of amides is 1. The summed E-state index contributed by atoms with van der Waals surface area (Å²) < 4.78 is 30.0. The number of morpholine rings is 4. The molecule has 16 rings (SSSR count). The molecule has 1 amide bonds. The van der Waals surface area contributed by atoms with E-state index < -0.39 is 0 Å². The average molecular weight is 1290 g/mol. The fourth-order valence-corrected chi connectivity index (χ4v) is 15.5. The van der Waals surface area contributed by atoms with Crippen LogP contribution in [0.5, 0.6) is 0 Å². The second-order valence-electron chi connectivity index (χ2n) is 26.9. The maximum Gasteiger partial charge on any atom is 0.255 e. The number of hydrogen-bond donors (Lipinski definition) is 3. The first-order valence-corrected chi connectivity index (χ1v) is 35.3. The number of ether oxygens (including phenoxy) is 5. The van der Waals surface area contributed by atoms with Gasteiger partial charge in [-0.25, -0.2) is 15.0 Å². The van der Waals surface area contributed by atoms with Crippen LogP contribution in [0.3, 0.4) is 0 Å². The Balaban J connectivity index is 0.000000125. The molecule has 92 heavy (non-hydrogen) atoms. The van der Waals surface area contributed by atoms with Crippen LogP contribution in [0, 0.1) is 0 Å². The van der Waals surface area contributed by atoms with Crippen LogP contribution in [0.2, 0.25) is 0 Å². The van der Waals surface area contributed by atoms with Gasteiger partial charge in [-0.05, 0) is 99.8 Å². The van der Waals surface area contributed by atoms with Crippen LogP contribution in [-0.4, -0.2) is 159 Å². The normalized spacial score (nSPS) is 29.6. The molecule has 0 radical (unpaired) electrons. The third-order valence-electron chi connectivity index (χ3n) is 20.6. The molecule has 7 heterocycles. The molecular formula is C74H106ClN9O8. The van der Waals surface area contributed by atoms with E-state index in [9.17, 15) is 14.7 Å². The third kappa shape index (κ3) is 20.2. The number of carbonyl (C=O) groups is 1. The zero-order valence-electron chi connectivity index (χ0n) is 54.8. The molecule has 5 aliphatic heterocycles. The van der Waals surface area contributed by atoms with Crippen molar-refractivity contribution in [3.8, 4) is 11.4 Å². The summed E-state index contributed by atoms with van der Waals surface area (Å²) in [5.41, 5.74) is 5.10. The van der Waals surface area contributed by atoms with Crippen molar-refractivity contribution in [3.63, 3.8) is 0 Å². The molecule has 18 heteroatoms. The number of benzene rings is 3. The Morgan fingerprint density at radius 2 is 1.10 bits per heavy atom. The van der Waals surface area contributed by atoms with E-state index in [1.165, 1.54) is 145 Å². The Bertz CT molecular complexity index is 2940. The van der Waals surface area contributed by atoms with Gasteiger partial charge < -0.3 is 49.2 Å². The lowest BCUT2D eigenvalue weighted by Crippen LogP contribution is -2.55. The van der Waals surface area contributed by atoms with Gasteiger partial charge in [0.2, 0.25) is 11.9 Å². The highest BCUT2D eigenvalue weighted by Gasteiger charge is 2.41. The van der Waals surface area contributed by atoms with Gasteiger partial charge in [0.15, 0.2) is 0 Å². The highest BCUT2D eigenvalue weighted by molar-refractivity contribution is 5.85. The highest BCUT2D eigenvalue weighted by Crippen LogP contribution is 2.37. The van der Waals surface area contributed by atoms with Gasteiger partial charge >= 0.3 is 0 Å². The number of aliphatic hydroxyl groups excluding tert-OH is 1. The van der Waals surface area contributed by atoms with Crippen LogP contribution < -0.4 is 21.1 Å². The van der Waals surface area contributed by atoms with Crippen molar-refractivity contribution < 1.29 is 33.6 Å². The van der Waals surface area contributed by atoms with Gasteiger partial charge in [-0.2, -0.15) is 0 Å². The molecule has 3 aromatic carbocycles. The minimum atomic E-state index is -0.150. The number of hydrogen-bond acceptors (Lipinski definition) is 15. The average Bonchev–Trinajstić information content (AvgIpc) is 1.65. The minimum absolute atomic E-state index is 0. The molecule has 2 aromatic heterocycles. The number of aliphatic hydroxyl groups is 1. The maximum absolute atomic E-state index is 12.5. The maximum atomic E-state index is 12.5. The number of halogens is 1. The van der Waals surface area contributed by atoms with Crippen LogP contribution in [0.1, 0.15) is 171 Å². The second-order valence-corrected chi connectivity index (χ2v) is 26.9. The summed E-state index contributed by atoms with van der Waals surface area (Å²) in [7, 11) is 1.78. The van der Waals surface area contributed by atoms with Crippen LogP contribution in [0.4, 0.5) is 5.95 Å². The predicted octanol–water partition coefficient (Wildman–Crippen LogP) is 11.3. The van der Waals surface area contributed by atoms with Crippen LogP contribution in [0.15, 0.2) is 120 Å². The number of carbonyl (C=O) groups excluding carboxylic acids is 1. The first-order chi connectivity index (χ1) is 44.8. The van der Waals surface area contributed by atoms with Crippen molar-refractivity contribution in [2.45, 2.75) is 247 Å². The summed E-state index contributed by atoms with van der Waals surface area (Å²) in [5, 5.41) is 16.7. The van der Waals surface area contributed by atoms with Gasteiger partial charge in [0.05, 0.1) is 86.0 Å². The molecule has 17 nitrogen and oxygen atoms in total. The molecule has 5 aromatic rings.